The number of hydrogen-bond acceptors (Lipinski definition) is 4. The minimum absolute atomic E-state index is 0.418. The molecule has 4 nitrogen and oxygen atoms in total. The summed E-state index contributed by atoms with van der Waals surface area (Å²) in [7, 11) is 1.74. The van der Waals surface area contributed by atoms with E-state index in [1.54, 1.807) is 7.05 Å². The van der Waals surface area contributed by atoms with Gasteiger partial charge < -0.3 is 9.84 Å². The number of aryl methyl sites for hydroxylation is 1. The second kappa shape index (κ2) is 4.02. The van der Waals surface area contributed by atoms with Crippen LogP contribution in [0.2, 0.25) is 0 Å². The predicted molar refractivity (Wildman–Crippen MR) is 61.7 cm³/mol. The van der Waals surface area contributed by atoms with E-state index in [4.69, 9.17) is 4.52 Å². The van der Waals surface area contributed by atoms with Crippen molar-refractivity contribution in [1.29, 1.82) is 0 Å². The number of nitrogens with zero attached hydrogens (tertiary/aromatic N) is 2. The lowest BCUT2D eigenvalue weighted by Crippen LogP contribution is -1.87. The Bertz CT molecular complexity index is 481. The maximum absolute atomic E-state index is 4.95. The van der Waals surface area contributed by atoms with E-state index in [2.05, 4.69) is 31.4 Å². The zero-order chi connectivity index (χ0) is 10.8. The molecule has 78 valence electrons. The first-order chi connectivity index (χ1) is 7.20. The summed E-state index contributed by atoms with van der Waals surface area (Å²) in [6.45, 7) is 2.03. The largest absolute Gasteiger partial charge is 0.341 e. The summed E-state index contributed by atoms with van der Waals surface area (Å²) < 4.78 is 5.99. The fraction of sp³-hybridized carbons (Fsp3) is 0.200. The third kappa shape index (κ3) is 2.02. The summed E-state index contributed by atoms with van der Waals surface area (Å²) in [6.07, 6.45) is 0. The molecular weight excluding hydrogens is 258 g/mol. The van der Waals surface area contributed by atoms with Gasteiger partial charge in [0.1, 0.15) is 0 Å². The summed E-state index contributed by atoms with van der Waals surface area (Å²) in [5, 5.41) is 6.65. The average Bonchev–Trinajstić information content (AvgIpc) is 2.70. The molecule has 0 fully saturated rings. The molecule has 0 aliphatic rings. The number of halogens is 1. The molecule has 1 N–H and O–H groups in total. The van der Waals surface area contributed by atoms with Crippen molar-refractivity contribution in [3.05, 3.63) is 28.2 Å². The maximum Gasteiger partial charge on any atom is 0.321 e. The zero-order valence-electron chi connectivity index (χ0n) is 8.41. The normalized spacial score (nSPS) is 10.3. The van der Waals surface area contributed by atoms with E-state index in [1.807, 2.05) is 25.1 Å². The van der Waals surface area contributed by atoms with Crippen LogP contribution in [-0.2, 0) is 0 Å². The van der Waals surface area contributed by atoms with Gasteiger partial charge in [-0.2, -0.15) is 4.98 Å². The van der Waals surface area contributed by atoms with E-state index in [0.29, 0.717) is 11.8 Å². The molecule has 2 aromatic rings. The van der Waals surface area contributed by atoms with Gasteiger partial charge in [-0.1, -0.05) is 33.2 Å². The predicted octanol–water partition coefficient (Wildman–Crippen LogP) is 2.85. The Labute approximate surface area is 95.8 Å². The quantitative estimate of drug-likeness (QED) is 0.909. The van der Waals surface area contributed by atoms with Crippen LogP contribution in [0.15, 0.2) is 27.2 Å². The Kier molecular flexibility index (Phi) is 2.73. The van der Waals surface area contributed by atoms with Gasteiger partial charge in [-0.25, -0.2) is 0 Å². The molecule has 0 radical (unpaired) electrons. The molecule has 0 aliphatic heterocycles. The molecule has 0 saturated heterocycles. The molecule has 0 bridgehead atoms. The van der Waals surface area contributed by atoms with Crippen LogP contribution in [-0.4, -0.2) is 17.2 Å². The first kappa shape index (κ1) is 10.2. The highest BCUT2D eigenvalue weighted by molar-refractivity contribution is 9.10. The minimum atomic E-state index is 0.418. The fourth-order valence-electron chi connectivity index (χ4n) is 1.17. The molecule has 0 spiro atoms. The summed E-state index contributed by atoms with van der Waals surface area (Å²) >= 11 is 3.47. The molecule has 15 heavy (non-hydrogen) atoms. The summed E-state index contributed by atoms with van der Waals surface area (Å²) in [5.41, 5.74) is 2.11. The molecule has 1 aromatic carbocycles. The Morgan fingerprint density at radius 2 is 2.20 bits per heavy atom. The van der Waals surface area contributed by atoms with Gasteiger partial charge in [-0.15, -0.1) is 0 Å². The van der Waals surface area contributed by atoms with E-state index in [9.17, 15) is 0 Å². The lowest BCUT2D eigenvalue weighted by molar-refractivity contribution is 0.434. The third-order valence-corrected chi connectivity index (χ3v) is 2.92. The standard InChI is InChI=1S/C10H10BrN3O/c1-6-3-4-7(5-8(6)11)9-13-10(12-2)15-14-9/h3-5H,1-2H3,(H,12,13,14). The van der Waals surface area contributed by atoms with Gasteiger partial charge in [-0.3, -0.25) is 0 Å². The smallest absolute Gasteiger partial charge is 0.321 e. The van der Waals surface area contributed by atoms with Crippen molar-refractivity contribution in [1.82, 2.24) is 10.1 Å². The van der Waals surface area contributed by atoms with Crippen molar-refractivity contribution >= 4 is 21.9 Å². The summed E-state index contributed by atoms with van der Waals surface area (Å²) in [4.78, 5) is 4.16. The van der Waals surface area contributed by atoms with Gasteiger partial charge in [0.05, 0.1) is 0 Å². The Morgan fingerprint density at radius 1 is 1.40 bits per heavy atom. The highest BCUT2D eigenvalue weighted by Gasteiger charge is 2.07. The van der Waals surface area contributed by atoms with Gasteiger partial charge in [0.2, 0.25) is 5.82 Å². The molecule has 1 heterocycles. The van der Waals surface area contributed by atoms with E-state index in [-0.39, 0.29) is 0 Å². The van der Waals surface area contributed by atoms with E-state index in [0.717, 1.165) is 10.0 Å². The summed E-state index contributed by atoms with van der Waals surface area (Å²) in [6, 6.07) is 6.36. The van der Waals surface area contributed by atoms with Crippen molar-refractivity contribution in [2.45, 2.75) is 6.92 Å². The van der Waals surface area contributed by atoms with Crippen molar-refractivity contribution in [2.75, 3.05) is 12.4 Å². The SMILES string of the molecule is CNc1nc(-c2ccc(C)c(Br)c2)no1. The van der Waals surface area contributed by atoms with Crippen molar-refractivity contribution < 1.29 is 4.52 Å². The molecule has 1 aromatic heterocycles. The summed E-state index contributed by atoms with van der Waals surface area (Å²) in [5.74, 6) is 0.583. The van der Waals surface area contributed by atoms with Crippen LogP contribution in [0.4, 0.5) is 6.01 Å². The molecule has 0 aliphatic carbocycles. The minimum Gasteiger partial charge on any atom is -0.341 e. The van der Waals surface area contributed by atoms with Crippen molar-refractivity contribution in [3.63, 3.8) is 0 Å². The highest BCUT2D eigenvalue weighted by atomic mass is 79.9. The number of hydrogen-bond donors (Lipinski definition) is 1. The molecule has 0 unspecified atom stereocenters. The second-order valence-corrected chi connectivity index (χ2v) is 3.99. The topological polar surface area (TPSA) is 51.0 Å². The Hall–Kier alpha value is -1.36. The first-order valence-electron chi connectivity index (χ1n) is 4.48. The molecule has 0 amide bonds. The van der Waals surface area contributed by atoms with Crippen molar-refractivity contribution in [3.8, 4) is 11.4 Å². The van der Waals surface area contributed by atoms with Gasteiger partial charge in [-0.05, 0) is 18.6 Å². The zero-order valence-corrected chi connectivity index (χ0v) is 10.00. The van der Waals surface area contributed by atoms with Gasteiger partial charge in [0.25, 0.3) is 0 Å². The van der Waals surface area contributed by atoms with E-state index < -0.39 is 0 Å². The van der Waals surface area contributed by atoms with E-state index in [1.165, 1.54) is 5.56 Å². The van der Waals surface area contributed by atoms with Crippen molar-refractivity contribution in [2.24, 2.45) is 0 Å². The third-order valence-electron chi connectivity index (χ3n) is 2.07. The fourth-order valence-corrected chi connectivity index (χ4v) is 1.55. The maximum atomic E-state index is 4.95. The molecular formula is C10H10BrN3O. The monoisotopic (exact) mass is 267 g/mol. The second-order valence-electron chi connectivity index (χ2n) is 3.14. The van der Waals surface area contributed by atoms with Gasteiger partial charge >= 0.3 is 6.01 Å². The van der Waals surface area contributed by atoms with Crippen LogP contribution >= 0.6 is 15.9 Å². The van der Waals surface area contributed by atoms with Crippen LogP contribution in [0.5, 0.6) is 0 Å². The van der Waals surface area contributed by atoms with Gasteiger partial charge in [0.15, 0.2) is 0 Å². The average molecular weight is 268 g/mol. The first-order valence-corrected chi connectivity index (χ1v) is 5.28. The Morgan fingerprint density at radius 3 is 2.80 bits per heavy atom. The molecule has 5 heteroatoms. The number of aromatic nitrogens is 2. The number of anilines is 1. The molecule has 0 atom stereocenters. The van der Waals surface area contributed by atoms with Gasteiger partial charge in [0, 0.05) is 17.1 Å². The van der Waals surface area contributed by atoms with Crippen LogP contribution in [0, 0.1) is 6.92 Å². The number of nitrogens with one attached hydrogen (secondary N) is 1. The Balaban J connectivity index is 2.40. The van der Waals surface area contributed by atoms with Crippen LogP contribution in [0.3, 0.4) is 0 Å². The number of rotatable bonds is 2. The van der Waals surface area contributed by atoms with Crippen LogP contribution in [0.25, 0.3) is 11.4 Å². The van der Waals surface area contributed by atoms with Crippen LogP contribution in [0.1, 0.15) is 5.56 Å². The molecule has 0 saturated carbocycles. The van der Waals surface area contributed by atoms with Crippen LogP contribution < -0.4 is 5.32 Å². The van der Waals surface area contributed by atoms with E-state index >= 15 is 0 Å². The molecule has 2 rings (SSSR count). The lowest BCUT2D eigenvalue weighted by atomic mass is 10.1. The highest BCUT2D eigenvalue weighted by Crippen LogP contribution is 2.24. The lowest BCUT2D eigenvalue weighted by Gasteiger charge is -1.99. The number of benzene rings is 1.